The molecule has 0 bridgehead atoms. The molecule has 7 heteroatoms. The van der Waals surface area contributed by atoms with Gasteiger partial charge in [-0.3, -0.25) is 0 Å². The lowest BCUT2D eigenvalue weighted by Crippen LogP contribution is -2.23. The highest BCUT2D eigenvalue weighted by molar-refractivity contribution is 5.64. The summed E-state index contributed by atoms with van der Waals surface area (Å²) in [6.07, 6.45) is 6.50. The number of nitrogens with zero attached hydrogens (tertiary/aromatic N) is 1. The molecule has 0 aromatic heterocycles. The minimum atomic E-state index is -0.319. The zero-order chi connectivity index (χ0) is 27.1. The van der Waals surface area contributed by atoms with Crippen molar-refractivity contribution in [2.24, 2.45) is 5.73 Å². The Kier molecular flexibility index (Phi) is 8.85. The average Bonchev–Trinajstić information content (AvgIpc) is 2.94. The van der Waals surface area contributed by atoms with Crippen LogP contribution < -0.4 is 24.7 Å². The molecule has 1 unspecified atom stereocenters. The van der Waals surface area contributed by atoms with E-state index in [4.69, 9.17) is 29.4 Å². The molecule has 1 heterocycles. The number of methoxy groups -OCH3 is 2. The predicted molar refractivity (Wildman–Crippen MR) is 147 cm³/mol. The van der Waals surface area contributed by atoms with E-state index in [0.717, 1.165) is 65.9 Å². The van der Waals surface area contributed by atoms with E-state index >= 15 is 0 Å². The minimum absolute atomic E-state index is 0.134. The summed E-state index contributed by atoms with van der Waals surface area (Å²) >= 11 is 0. The Labute approximate surface area is 225 Å². The normalized spacial score (nSPS) is 18.0. The molecule has 0 amide bonds. The molecular formula is C31H36N2O5. The quantitative estimate of drug-likeness (QED) is 0.379. The number of hydrogen-bond donors (Lipinski definition) is 1. The lowest BCUT2D eigenvalue weighted by Gasteiger charge is -2.33. The average molecular weight is 517 g/mol. The highest BCUT2D eigenvalue weighted by Gasteiger charge is 2.36. The molecule has 0 radical (unpaired) electrons. The van der Waals surface area contributed by atoms with Gasteiger partial charge < -0.3 is 29.4 Å². The topological polar surface area (TPSA) is 96.0 Å². The molecule has 2 aromatic carbocycles. The summed E-state index contributed by atoms with van der Waals surface area (Å²) in [6.45, 7) is 5.36. The van der Waals surface area contributed by atoms with Crippen LogP contribution in [0.2, 0.25) is 0 Å². The van der Waals surface area contributed by atoms with Crippen molar-refractivity contribution >= 4 is 6.08 Å². The summed E-state index contributed by atoms with van der Waals surface area (Å²) < 4.78 is 29.0. The van der Waals surface area contributed by atoms with Gasteiger partial charge in [-0.25, -0.2) is 0 Å². The van der Waals surface area contributed by atoms with Gasteiger partial charge in [-0.2, -0.15) is 5.26 Å². The van der Waals surface area contributed by atoms with Gasteiger partial charge in [0.2, 0.25) is 5.88 Å². The van der Waals surface area contributed by atoms with Gasteiger partial charge in [0.05, 0.1) is 27.4 Å². The van der Waals surface area contributed by atoms with E-state index in [2.05, 4.69) is 26.0 Å². The SMILES string of the molecule is CCCOc1ccc(/C=C2\CCCC3=C2OC(N)=C(C#N)C3c2ccc(OCCC)c(OC)c2)cc1OC. The van der Waals surface area contributed by atoms with Crippen molar-refractivity contribution in [1.82, 2.24) is 0 Å². The minimum Gasteiger partial charge on any atom is -0.493 e. The monoisotopic (exact) mass is 516 g/mol. The smallest absolute Gasteiger partial charge is 0.205 e. The maximum atomic E-state index is 10.0. The van der Waals surface area contributed by atoms with Crippen molar-refractivity contribution in [2.45, 2.75) is 51.9 Å². The molecule has 1 atom stereocenters. The van der Waals surface area contributed by atoms with E-state index in [1.807, 2.05) is 36.4 Å². The predicted octanol–water partition coefficient (Wildman–Crippen LogP) is 6.61. The van der Waals surface area contributed by atoms with Crippen LogP contribution in [0.15, 0.2) is 64.8 Å². The molecule has 0 spiro atoms. The lowest BCUT2D eigenvalue weighted by molar-refractivity contribution is 0.276. The molecule has 38 heavy (non-hydrogen) atoms. The summed E-state index contributed by atoms with van der Waals surface area (Å²) in [5, 5.41) is 10.0. The standard InChI is InChI=1S/C31H36N2O5/c1-5-14-36-25-12-10-20(17-27(25)34-3)16-22-8-7-9-23-29(24(19-32)31(33)38-30(22)23)21-11-13-26(37-15-6-2)28(18-21)35-4/h10-13,16-18,29H,5-9,14-15,33H2,1-4H3/b22-16+. The van der Waals surface area contributed by atoms with Gasteiger partial charge in [0.15, 0.2) is 23.0 Å². The van der Waals surface area contributed by atoms with Gasteiger partial charge in [-0.1, -0.05) is 26.0 Å². The third-order valence-corrected chi connectivity index (χ3v) is 6.68. The zero-order valence-electron chi connectivity index (χ0n) is 22.6. The van der Waals surface area contributed by atoms with Crippen molar-refractivity contribution in [3.63, 3.8) is 0 Å². The molecule has 2 aliphatic rings. The number of nitriles is 1. The van der Waals surface area contributed by atoms with E-state index in [-0.39, 0.29) is 11.8 Å². The van der Waals surface area contributed by atoms with E-state index in [0.29, 0.717) is 36.0 Å². The van der Waals surface area contributed by atoms with Gasteiger partial charge in [0.25, 0.3) is 0 Å². The molecule has 200 valence electrons. The van der Waals surface area contributed by atoms with Crippen LogP contribution in [0.4, 0.5) is 0 Å². The summed E-state index contributed by atoms with van der Waals surface area (Å²) in [4.78, 5) is 0. The molecule has 1 aliphatic carbocycles. The second kappa shape index (κ2) is 12.5. The Morgan fingerprint density at radius 3 is 2.24 bits per heavy atom. The summed E-state index contributed by atoms with van der Waals surface area (Å²) in [7, 11) is 3.26. The molecule has 1 aliphatic heterocycles. The van der Waals surface area contributed by atoms with Gasteiger partial charge in [0.1, 0.15) is 17.4 Å². The molecule has 2 N–H and O–H groups in total. The first kappa shape index (κ1) is 27.0. The first-order chi connectivity index (χ1) is 18.5. The Bertz CT molecular complexity index is 1300. The fourth-order valence-corrected chi connectivity index (χ4v) is 4.92. The Hall–Kier alpha value is -4.05. The van der Waals surface area contributed by atoms with E-state index in [1.54, 1.807) is 14.2 Å². The fraction of sp³-hybridized carbons (Fsp3) is 0.387. The van der Waals surface area contributed by atoms with Crippen LogP contribution in [0, 0.1) is 11.3 Å². The van der Waals surface area contributed by atoms with Gasteiger partial charge in [0, 0.05) is 5.92 Å². The third-order valence-electron chi connectivity index (χ3n) is 6.68. The van der Waals surface area contributed by atoms with Crippen molar-refractivity contribution in [2.75, 3.05) is 27.4 Å². The highest BCUT2D eigenvalue weighted by atomic mass is 16.5. The second-order valence-corrected chi connectivity index (χ2v) is 9.32. The van der Waals surface area contributed by atoms with Crippen LogP contribution in [0.1, 0.15) is 63.0 Å². The number of nitrogens with two attached hydrogens (primary N) is 1. The van der Waals surface area contributed by atoms with Gasteiger partial charge in [-0.05, 0) is 84.7 Å². The zero-order valence-corrected chi connectivity index (χ0v) is 22.6. The van der Waals surface area contributed by atoms with Gasteiger partial charge >= 0.3 is 0 Å². The van der Waals surface area contributed by atoms with E-state index in [9.17, 15) is 5.26 Å². The molecule has 4 rings (SSSR count). The van der Waals surface area contributed by atoms with E-state index < -0.39 is 0 Å². The first-order valence-electron chi connectivity index (χ1n) is 13.2. The number of rotatable bonds is 10. The number of benzene rings is 2. The third kappa shape index (κ3) is 5.60. The van der Waals surface area contributed by atoms with Crippen LogP contribution in [-0.2, 0) is 4.74 Å². The van der Waals surface area contributed by atoms with Crippen LogP contribution in [0.3, 0.4) is 0 Å². The molecule has 0 saturated heterocycles. The van der Waals surface area contributed by atoms with Crippen LogP contribution in [0.25, 0.3) is 6.08 Å². The number of allylic oxidation sites excluding steroid dienone is 3. The van der Waals surface area contributed by atoms with Crippen LogP contribution >= 0.6 is 0 Å². The molecule has 0 saturated carbocycles. The molecule has 2 aromatic rings. The fourth-order valence-electron chi connectivity index (χ4n) is 4.92. The summed E-state index contributed by atoms with van der Waals surface area (Å²) in [6, 6.07) is 14.0. The second-order valence-electron chi connectivity index (χ2n) is 9.32. The van der Waals surface area contributed by atoms with Crippen molar-refractivity contribution in [1.29, 1.82) is 5.26 Å². The lowest BCUT2D eigenvalue weighted by atomic mass is 9.77. The van der Waals surface area contributed by atoms with Crippen molar-refractivity contribution < 1.29 is 23.7 Å². The summed E-state index contributed by atoms with van der Waals surface area (Å²) in [5.41, 5.74) is 10.7. The first-order valence-corrected chi connectivity index (χ1v) is 13.2. The number of ether oxygens (including phenoxy) is 5. The molecule has 0 fully saturated rings. The van der Waals surface area contributed by atoms with Crippen LogP contribution in [-0.4, -0.2) is 27.4 Å². The highest BCUT2D eigenvalue weighted by Crippen LogP contribution is 2.48. The van der Waals surface area contributed by atoms with Crippen molar-refractivity contribution in [3.8, 4) is 29.1 Å². The largest absolute Gasteiger partial charge is 0.493 e. The Morgan fingerprint density at radius 2 is 1.61 bits per heavy atom. The van der Waals surface area contributed by atoms with Gasteiger partial charge in [-0.15, -0.1) is 0 Å². The molecule has 7 nitrogen and oxygen atoms in total. The van der Waals surface area contributed by atoms with E-state index in [1.165, 1.54) is 0 Å². The van der Waals surface area contributed by atoms with Crippen LogP contribution in [0.5, 0.6) is 23.0 Å². The molecular weight excluding hydrogens is 480 g/mol. The maximum absolute atomic E-state index is 10.0. The summed E-state index contributed by atoms with van der Waals surface area (Å²) in [5.74, 6) is 3.28. The number of hydrogen-bond acceptors (Lipinski definition) is 7. The maximum Gasteiger partial charge on any atom is 0.205 e. The Morgan fingerprint density at radius 1 is 0.947 bits per heavy atom. The van der Waals surface area contributed by atoms with Crippen molar-refractivity contribution in [3.05, 3.63) is 75.9 Å². The Balaban J connectivity index is 1.75.